The smallest absolute Gasteiger partial charge is 0.258 e. The molecular formula is C28H26N2O5. The molecule has 0 N–H and O–H groups in total. The molecule has 0 bridgehead atoms. The highest BCUT2D eigenvalue weighted by Crippen LogP contribution is 2.31. The third kappa shape index (κ3) is 5.19. The van der Waals surface area contributed by atoms with Gasteiger partial charge in [-0.1, -0.05) is 18.2 Å². The number of ketones is 1. The van der Waals surface area contributed by atoms with Crippen LogP contribution >= 0.6 is 0 Å². The van der Waals surface area contributed by atoms with Crippen LogP contribution < -0.4 is 19.8 Å². The molecule has 7 nitrogen and oxygen atoms in total. The van der Waals surface area contributed by atoms with Crippen LogP contribution in [0.1, 0.15) is 27.9 Å². The molecule has 0 spiro atoms. The van der Waals surface area contributed by atoms with Gasteiger partial charge in [0.25, 0.3) is 5.56 Å². The second kappa shape index (κ2) is 9.62. The van der Waals surface area contributed by atoms with Crippen molar-refractivity contribution in [3.63, 3.8) is 0 Å². The van der Waals surface area contributed by atoms with Crippen LogP contribution in [-0.4, -0.2) is 28.4 Å². The van der Waals surface area contributed by atoms with Gasteiger partial charge >= 0.3 is 0 Å². The van der Waals surface area contributed by atoms with E-state index >= 15 is 0 Å². The van der Waals surface area contributed by atoms with Crippen LogP contribution in [-0.2, 0) is 24.2 Å². The Bertz CT molecular complexity index is 1470. The summed E-state index contributed by atoms with van der Waals surface area (Å²) in [5, 5.41) is 0. The number of fused-ring (bicyclic) bond motifs is 2. The zero-order valence-electron chi connectivity index (χ0n) is 19.7. The molecule has 7 heteroatoms. The lowest BCUT2D eigenvalue weighted by Gasteiger charge is -2.18. The van der Waals surface area contributed by atoms with Gasteiger partial charge in [-0.05, 0) is 66.4 Å². The Morgan fingerprint density at radius 2 is 1.69 bits per heavy atom. The fourth-order valence-electron chi connectivity index (χ4n) is 4.10. The van der Waals surface area contributed by atoms with Gasteiger partial charge in [0, 0.05) is 25.1 Å². The van der Waals surface area contributed by atoms with E-state index in [-0.39, 0.29) is 17.9 Å². The van der Waals surface area contributed by atoms with Crippen LogP contribution in [0.4, 0.5) is 0 Å². The molecule has 1 aliphatic heterocycles. The number of rotatable bonds is 7. The molecule has 0 radical (unpaired) electrons. The summed E-state index contributed by atoms with van der Waals surface area (Å²) in [4.78, 5) is 29.7. The summed E-state index contributed by atoms with van der Waals surface area (Å²) < 4.78 is 18.7. The van der Waals surface area contributed by atoms with Crippen molar-refractivity contribution in [1.82, 2.24) is 9.38 Å². The Morgan fingerprint density at radius 3 is 2.51 bits per heavy atom. The van der Waals surface area contributed by atoms with Gasteiger partial charge < -0.3 is 14.2 Å². The first-order valence-corrected chi connectivity index (χ1v) is 11.6. The number of aryl methyl sites for hydroxylation is 2. The lowest BCUT2D eigenvalue weighted by Crippen LogP contribution is -2.16. The maximum atomic E-state index is 12.8. The maximum absolute atomic E-state index is 12.8. The molecule has 3 heterocycles. The highest BCUT2D eigenvalue weighted by molar-refractivity contribution is 5.83. The van der Waals surface area contributed by atoms with Crippen LogP contribution in [0.15, 0.2) is 65.6 Å². The Balaban J connectivity index is 1.26. The molecule has 0 unspecified atom stereocenters. The lowest BCUT2D eigenvalue weighted by atomic mass is 10.0. The molecule has 2 aromatic heterocycles. The van der Waals surface area contributed by atoms with E-state index in [9.17, 15) is 9.59 Å². The third-order valence-electron chi connectivity index (χ3n) is 5.91. The zero-order valence-corrected chi connectivity index (χ0v) is 19.7. The number of hydrogen-bond acceptors (Lipinski definition) is 6. The van der Waals surface area contributed by atoms with E-state index < -0.39 is 0 Å². The Labute approximate surface area is 202 Å². The SMILES string of the molecule is Cc1ccn2c(=O)cc(COc3cc(CC(=O)Cc4ccc5c(c4)OCCO5)ccc3C)nc2c1. The molecule has 0 saturated heterocycles. The van der Waals surface area contributed by atoms with Crippen LogP contribution in [0.25, 0.3) is 5.65 Å². The van der Waals surface area contributed by atoms with Crippen LogP contribution in [0.3, 0.4) is 0 Å². The van der Waals surface area contributed by atoms with Gasteiger partial charge in [0.1, 0.15) is 37.0 Å². The van der Waals surface area contributed by atoms with Crippen molar-refractivity contribution in [2.24, 2.45) is 0 Å². The van der Waals surface area contributed by atoms with E-state index in [1.807, 2.05) is 62.4 Å². The molecule has 35 heavy (non-hydrogen) atoms. The summed E-state index contributed by atoms with van der Waals surface area (Å²) in [6, 6.07) is 16.6. The standard InChI is InChI=1S/C28H26N2O5/c1-18-7-8-30-27(11-18)29-22(16-28(30)32)17-35-25-14-20(4-3-19(25)2)12-23(31)13-21-5-6-24-26(15-21)34-10-9-33-24/h3-8,11,14-16H,9-10,12-13,17H2,1-2H3. The van der Waals surface area contributed by atoms with Gasteiger partial charge in [-0.3, -0.25) is 14.0 Å². The summed E-state index contributed by atoms with van der Waals surface area (Å²) >= 11 is 0. The minimum absolute atomic E-state index is 0.0936. The fraction of sp³-hybridized carbons (Fsp3) is 0.250. The van der Waals surface area contributed by atoms with Crippen LogP contribution in [0.5, 0.6) is 17.2 Å². The molecule has 0 aliphatic carbocycles. The molecular weight excluding hydrogens is 444 g/mol. The molecule has 0 fully saturated rings. The maximum Gasteiger partial charge on any atom is 0.258 e. The zero-order chi connectivity index (χ0) is 24.4. The van der Waals surface area contributed by atoms with Gasteiger partial charge in [0.05, 0.1) is 5.69 Å². The molecule has 4 aromatic rings. The van der Waals surface area contributed by atoms with Crippen molar-refractivity contribution in [1.29, 1.82) is 0 Å². The molecule has 0 saturated carbocycles. The monoisotopic (exact) mass is 470 g/mol. The van der Waals surface area contributed by atoms with Crippen molar-refractivity contribution >= 4 is 11.4 Å². The fourth-order valence-corrected chi connectivity index (χ4v) is 4.10. The van der Waals surface area contributed by atoms with Crippen molar-refractivity contribution in [2.75, 3.05) is 13.2 Å². The Kier molecular flexibility index (Phi) is 6.23. The molecule has 178 valence electrons. The Morgan fingerprint density at radius 1 is 0.943 bits per heavy atom. The second-order valence-corrected chi connectivity index (χ2v) is 8.78. The average Bonchev–Trinajstić information content (AvgIpc) is 2.84. The van der Waals surface area contributed by atoms with Crippen molar-refractivity contribution in [3.05, 3.63) is 99.1 Å². The van der Waals surface area contributed by atoms with Crippen molar-refractivity contribution in [3.8, 4) is 17.2 Å². The number of carbonyl (C=O) groups is 1. The number of nitrogens with zero attached hydrogens (tertiary/aromatic N) is 2. The number of carbonyl (C=O) groups excluding carboxylic acids is 1. The molecule has 2 aromatic carbocycles. The minimum atomic E-state index is -0.149. The molecule has 0 atom stereocenters. The highest BCUT2D eigenvalue weighted by Gasteiger charge is 2.14. The van der Waals surface area contributed by atoms with Crippen LogP contribution in [0.2, 0.25) is 0 Å². The topological polar surface area (TPSA) is 79.1 Å². The highest BCUT2D eigenvalue weighted by atomic mass is 16.6. The van der Waals surface area contributed by atoms with E-state index in [2.05, 4.69) is 4.98 Å². The predicted octanol–water partition coefficient (Wildman–Crippen LogP) is 4.02. The summed E-state index contributed by atoms with van der Waals surface area (Å²) in [6.45, 7) is 5.12. The summed E-state index contributed by atoms with van der Waals surface area (Å²) in [5.41, 5.74) is 4.73. The largest absolute Gasteiger partial charge is 0.487 e. The van der Waals surface area contributed by atoms with E-state index in [4.69, 9.17) is 14.2 Å². The molecule has 1 aliphatic rings. The van der Waals surface area contributed by atoms with E-state index in [0.717, 1.165) is 22.3 Å². The molecule has 0 amide bonds. The van der Waals surface area contributed by atoms with Crippen molar-refractivity contribution < 1.29 is 19.0 Å². The van der Waals surface area contributed by atoms with E-state index in [1.54, 1.807) is 6.20 Å². The first-order chi connectivity index (χ1) is 16.9. The summed E-state index contributed by atoms with van der Waals surface area (Å²) in [7, 11) is 0. The number of aromatic nitrogens is 2. The van der Waals surface area contributed by atoms with Gasteiger partial charge in [0.2, 0.25) is 0 Å². The number of pyridine rings is 1. The van der Waals surface area contributed by atoms with Gasteiger partial charge in [-0.15, -0.1) is 0 Å². The first kappa shape index (κ1) is 22.7. The number of hydrogen-bond donors (Lipinski definition) is 0. The van der Waals surface area contributed by atoms with E-state index in [1.165, 1.54) is 10.5 Å². The minimum Gasteiger partial charge on any atom is -0.487 e. The third-order valence-corrected chi connectivity index (χ3v) is 5.91. The normalized spacial score (nSPS) is 12.5. The van der Waals surface area contributed by atoms with Gasteiger partial charge in [-0.2, -0.15) is 0 Å². The second-order valence-electron chi connectivity index (χ2n) is 8.78. The quantitative estimate of drug-likeness (QED) is 0.406. The summed E-state index contributed by atoms with van der Waals surface area (Å²) in [6.07, 6.45) is 2.32. The lowest BCUT2D eigenvalue weighted by molar-refractivity contribution is -0.117. The number of ether oxygens (including phenoxy) is 3. The summed E-state index contributed by atoms with van der Waals surface area (Å²) in [5.74, 6) is 2.16. The average molecular weight is 471 g/mol. The molecule has 5 rings (SSSR count). The van der Waals surface area contributed by atoms with Crippen LogP contribution in [0, 0.1) is 13.8 Å². The van der Waals surface area contributed by atoms with E-state index in [0.29, 0.717) is 54.6 Å². The van der Waals surface area contributed by atoms with Gasteiger partial charge in [-0.25, -0.2) is 4.98 Å². The van der Waals surface area contributed by atoms with Gasteiger partial charge in [0.15, 0.2) is 11.5 Å². The first-order valence-electron chi connectivity index (χ1n) is 11.6. The van der Waals surface area contributed by atoms with Crippen molar-refractivity contribution in [2.45, 2.75) is 33.3 Å². The Hall–Kier alpha value is -4.13. The predicted molar refractivity (Wildman–Crippen MR) is 132 cm³/mol. The number of Topliss-reactive ketones (excluding diaryl/α,β-unsaturated/α-hetero) is 1. The number of benzene rings is 2.